The van der Waals surface area contributed by atoms with Gasteiger partial charge in [-0.15, -0.1) is 0 Å². The van der Waals surface area contributed by atoms with E-state index in [9.17, 15) is 13.6 Å². The van der Waals surface area contributed by atoms with Crippen molar-refractivity contribution in [2.75, 3.05) is 5.73 Å². The van der Waals surface area contributed by atoms with Crippen molar-refractivity contribution < 1.29 is 13.6 Å². The molecule has 0 aliphatic heterocycles. The first-order valence-electron chi connectivity index (χ1n) is 7.06. The summed E-state index contributed by atoms with van der Waals surface area (Å²) in [4.78, 5) is 12.1. The molecule has 1 aromatic rings. The maximum Gasteiger partial charge on any atom is 0.254 e. The Labute approximate surface area is 117 Å². The molecular weight excluding hydrogens is 262 g/mol. The predicted octanol–water partition coefficient (Wildman–Crippen LogP) is 3.25. The number of nitrogens with two attached hydrogens (primary N) is 1. The van der Waals surface area contributed by atoms with Crippen LogP contribution in [0.1, 0.15) is 49.4 Å². The highest BCUT2D eigenvalue weighted by Gasteiger charge is 2.24. The molecule has 0 aromatic heterocycles. The number of rotatable bonds is 3. The normalized spacial score (nSPS) is 22.6. The second-order valence-corrected chi connectivity index (χ2v) is 5.46. The number of amides is 1. The van der Waals surface area contributed by atoms with Crippen molar-refractivity contribution in [1.82, 2.24) is 5.32 Å². The Hall–Kier alpha value is -1.65. The van der Waals surface area contributed by atoms with Gasteiger partial charge in [0.05, 0.1) is 11.3 Å². The van der Waals surface area contributed by atoms with Crippen LogP contribution in [0, 0.1) is 17.6 Å². The van der Waals surface area contributed by atoms with E-state index >= 15 is 0 Å². The van der Waals surface area contributed by atoms with E-state index < -0.39 is 17.5 Å². The molecule has 2 rings (SSSR count). The van der Waals surface area contributed by atoms with Crippen LogP contribution in [0.4, 0.5) is 14.5 Å². The number of carbonyl (C=O) groups is 1. The molecule has 3 nitrogen and oxygen atoms in total. The molecule has 20 heavy (non-hydrogen) atoms. The van der Waals surface area contributed by atoms with Gasteiger partial charge in [0, 0.05) is 12.1 Å². The molecule has 0 saturated heterocycles. The third-order valence-corrected chi connectivity index (χ3v) is 4.03. The number of hydrogen-bond acceptors (Lipinski definition) is 2. The molecule has 0 spiro atoms. The lowest BCUT2D eigenvalue weighted by molar-refractivity contribution is 0.0915. The first-order chi connectivity index (χ1) is 9.51. The summed E-state index contributed by atoms with van der Waals surface area (Å²) in [5.41, 5.74) is 4.97. The fourth-order valence-corrected chi connectivity index (χ4v) is 2.80. The fourth-order valence-electron chi connectivity index (χ4n) is 2.80. The smallest absolute Gasteiger partial charge is 0.254 e. The molecule has 0 bridgehead atoms. The van der Waals surface area contributed by atoms with E-state index in [2.05, 4.69) is 12.2 Å². The summed E-state index contributed by atoms with van der Waals surface area (Å²) < 4.78 is 26.7. The van der Waals surface area contributed by atoms with Crippen LogP contribution in [-0.4, -0.2) is 11.9 Å². The van der Waals surface area contributed by atoms with Crippen LogP contribution in [0.3, 0.4) is 0 Å². The molecule has 1 fully saturated rings. The summed E-state index contributed by atoms with van der Waals surface area (Å²) in [6, 6.07) is 1.77. The second-order valence-electron chi connectivity index (χ2n) is 5.46. The third-order valence-electron chi connectivity index (χ3n) is 4.03. The topological polar surface area (TPSA) is 55.1 Å². The quantitative estimate of drug-likeness (QED) is 0.836. The molecule has 1 aromatic carbocycles. The summed E-state index contributed by atoms with van der Waals surface area (Å²) in [5, 5.41) is 2.83. The summed E-state index contributed by atoms with van der Waals surface area (Å²) in [6.45, 7) is 2.13. The Kier molecular flexibility index (Phi) is 4.57. The van der Waals surface area contributed by atoms with Gasteiger partial charge < -0.3 is 11.1 Å². The molecule has 110 valence electrons. The van der Waals surface area contributed by atoms with E-state index in [4.69, 9.17) is 5.73 Å². The highest BCUT2D eigenvalue weighted by Crippen LogP contribution is 2.27. The molecular formula is C15H20F2N2O. The van der Waals surface area contributed by atoms with Crippen molar-refractivity contribution in [3.8, 4) is 0 Å². The van der Waals surface area contributed by atoms with Crippen LogP contribution in [0.5, 0.6) is 0 Å². The molecule has 1 aliphatic rings. The van der Waals surface area contributed by atoms with Gasteiger partial charge in [0.1, 0.15) is 11.6 Å². The maximum absolute atomic E-state index is 13.6. The average molecular weight is 282 g/mol. The zero-order valence-electron chi connectivity index (χ0n) is 11.6. The lowest BCUT2D eigenvalue weighted by Gasteiger charge is -2.29. The van der Waals surface area contributed by atoms with Crippen molar-refractivity contribution in [3.63, 3.8) is 0 Å². The van der Waals surface area contributed by atoms with Crippen LogP contribution in [0.25, 0.3) is 0 Å². The first kappa shape index (κ1) is 14.8. The summed E-state index contributed by atoms with van der Waals surface area (Å²) >= 11 is 0. The SMILES string of the molecule is CCC1CCCC(NC(=O)c2cc(N)c(F)cc2F)C1. The monoisotopic (exact) mass is 282 g/mol. The Balaban J connectivity index is 2.06. The molecule has 1 saturated carbocycles. The highest BCUT2D eigenvalue weighted by atomic mass is 19.1. The van der Waals surface area contributed by atoms with Gasteiger partial charge in [-0.1, -0.05) is 26.2 Å². The molecule has 0 radical (unpaired) electrons. The van der Waals surface area contributed by atoms with E-state index in [-0.39, 0.29) is 17.3 Å². The average Bonchev–Trinajstić information content (AvgIpc) is 2.43. The number of nitrogens with one attached hydrogen (secondary N) is 1. The van der Waals surface area contributed by atoms with Gasteiger partial charge in [-0.2, -0.15) is 0 Å². The van der Waals surface area contributed by atoms with Gasteiger partial charge in [-0.3, -0.25) is 4.79 Å². The lowest BCUT2D eigenvalue weighted by atomic mass is 9.84. The molecule has 1 aliphatic carbocycles. The molecule has 0 heterocycles. The number of carbonyl (C=O) groups excluding carboxylic acids is 1. The number of hydrogen-bond donors (Lipinski definition) is 2. The Morgan fingerprint density at radius 2 is 2.10 bits per heavy atom. The van der Waals surface area contributed by atoms with Gasteiger partial charge in [0.25, 0.3) is 5.91 Å². The van der Waals surface area contributed by atoms with Crippen molar-refractivity contribution in [3.05, 3.63) is 29.3 Å². The van der Waals surface area contributed by atoms with Crippen LogP contribution in [0.2, 0.25) is 0 Å². The van der Waals surface area contributed by atoms with E-state index in [1.165, 1.54) is 6.42 Å². The predicted molar refractivity (Wildman–Crippen MR) is 74.3 cm³/mol. The minimum absolute atomic E-state index is 0.0619. The zero-order chi connectivity index (χ0) is 14.7. The Morgan fingerprint density at radius 3 is 2.80 bits per heavy atom. The summed E-state index contributed by atoms with van der Waals surface area (Å²) in [7, 11) is 0. The minimum atomic E-state index is -0.878. The number of halogens is 2. The van der Waals surface area contributed by atoms with E-state index in [0.717, 1.165) is 31.7 Å². The van der Waals surface area contributed by atoms with Gasteiger partial charge in [0.2, 0.25) is 0 Å². The Bertz CT molecular complexity index is 505. The van der Waals surface area contributed by atoms with Gasteiger partial charge in [-0.25, -0.2) is 8.78 Å². The second kappa shape index (κ2) is 6.20. The molecule has 1 amide bonds. The van der Waals surface area contributed by atoms with Crippen molar-refractivity contribution in [2.24, 2.45) is 5.92 Å². The van der Waals surface area contributed by atoms with Crippen LogP contribution >= 0.6 is 0 Å². The van der Waals surface area contributed by atoms with E-state index in [1.54, 1.807) is 0 Å². The molecule has 5 heteroatoms. The largest absolute Gasteiger partial charge is 0.396 e. The number of benzene rings is 1. The van der Waals surface area contributed by atoms with Gasteiger partial charge >= 0.3 is 0 Å². The van der Waals surface area contributed by atoms with Crippen LogP contribution in [-0.2, 0) is 0 Å². The van der Waals surface area contributed by atoms with E-state index in [0.29, 0.717) is 12.0 Å². The zero-order valence-corrected chi connectivity index (χ0v) is 11.6. The standard InChI is InChI=1S/C15H20F2N2O/c1-2-9-4-3-5-10(6-9)19-15(20)11-7-14(18)13(17)8-12(11)16/h7-10H,2-6,18H2,1H3,(H,19,20). The summed E-state index contributed by atoms with van der Waals surface area (Å²) in [5.74, 6) is -1.63. The minimum Gasteiger partial charge on any atom is -0.396 e. The maximum atomic E-state index is 13.6. The van der Waals surface area contributed by atoms with Gasteiger partial charge in [-0.05, 0) is 24.8 Å². The molecule has 2 atom stereocenters. The van der Waals surface area contributed by atoms with Crippen molar-refractivity contribution in [2.45, 2.75) is 45.1 Å². The summed E-state index contributed by atoms with van der Waals surface area (Å²) in [6.07, 6.45) is 5.16. The van der Waals surface area contributed by atoms with E-state index in [1.807, 2.05) is 0 Å². The lowest BCUT2D eigenvalue weighted by Crippen LogP contribution is -2.38. The van der Waals surface area contributed by atoms with Crippen molar-refractivity contribution in [1.29, 1.82) is 0 Å². The Morgan fingerprint density at radius 1 is 1.35 bits per heavy atom. The highest BCUT2D eigenvalue weighted by molar-refractivity contribution is 5.95. The first-order valence-corrected chi connectivity index (χ1v) is 7.06. The molecule has 3 N–H and O–H groups in total. The third kappa shape index (κ3) is 3.26. The number of nitrogen functional groups attached to an aromatic ring is 1. The number of anilines is 1. The van der Waals surface area contributed by atoms with Crippen LogP contribution in [0.15, 0.2) is 12.1 Å². The van der Waals surface area contributed by atoms with Crippen LogP contribution < -0.4 is 11.1 Å². The molecule has 2 unspecified atom stereocenters. The van der Waals surface area contributed by atoms with Gasteiger partial charge in [0.15, 0.2) is 0 Å². The fraction of sp³-hybridized carbons (Fsp3) is 0.533. The van der Waals surface area contributed by atoms with Crippen molar-refractivity contribution >= 4 is 11.6 Å².